The highest BCUT2D eigenvalue weighted by atomic mass is 16.5. The Bertz CT molecular complexity index is 807. The summed E-state index contributed by atoms with van der Waals surface area (Å²) in [6, 6.07) is 6.62. The van der Waals surface area contributed by atoms with E-state index in [1.54, 1.807) is 31.2 Å². The minimum Gasteiger partial charge on any atom is -0.453 e. The molecular formula is C19H23N3O5. The fourth-order valence-electron chi connectivity index (χ4n) is 2.48. The number of anilines is 2. The Morgan fingerprint density at radius 3 is 2.22 bits per heavy atom. The third kappa shape index (κ3) is 5.95. The van der Waals surface area contributed by atoms with Gasteiger partial charge in [-0.25, -0.2) is 0 Å². The Morgan fingerprint density at radius 2 is 1.70 bits per heavy atom. The van der Waals surface area contributed by atoms with E-state index in [9.17, 15) is 14.4 Å². The monoisotopic (exact) mass is 373 g/mol. The van der Waals surface area contributed by atoms with E-state index in [1.807, 2.05) is 6.92 Å². The second-order valence-electron chi connectivity index (χ2n) is 6.18. The lowest BCUT2D eigenvalue weighted by Gasteiger charge is -2.14. The lowest BCUT2D eigenvalue weighted by Crippen LogP contribution is -2.30. The van der Waals surface area contributed by atoms with Gasteiger partial charge in [0.1, 0.15) is 5.76 Å². The van der Waals surface area contributed by atoms with Crippen molar-refractivity contribution in [2.24, 2.45) is 0 Å². The molecule has 27 heavy (non-hydrogen) atoms. The molecule has 0 saturated heterocycles. The van der Waals surface area contributed by atoms with Gasteiger partial charge in [0.25, 0.3) is 5.91 Å². The molecule has 0 unspecified atom stereocenters. The first kappa shape index (κ1) is 20.2. The molecule has 0 aliphatic rings. The minimum atomic E-state index is -0.933. The lowest BCUT2D eigenvalue weighted by molar-refractivity contribution is -0.153. The predicted molar refractivity (Wildman–Crippen MR) is 99.2 cm³/mol. The van der Waals surface area contributed by atoms with Crippen molar-refractivity contribution in [3.63, 3.8) is 0 Å². The van der Waals surface area contributed by atoms with Gasteiger partial charge in [-0.1, -0.05) is 5.16 Å². The molecule has 0 spiro atoms. The molecule has 144 valence electrons. The zero-order valence-electron chi connectivity index (χ0n) is 15.8. The van der Waals surface area contributed by atoms with Gasteiger partial charge in [-0.05, 0) is 51.5 Å². The minimum absolute atomic E-state index is 0.131. The molecule has 8 heteroatoms. The van der Waals surface area contributed by atoms with Crippen LogP contribution in [0.3, 0.4) is 0 Å². The number of hydrogen-bond acceptors (Lipinski definition) is 6. The normalized spacial score (nSPS) is 11.6. The van der Waals surface area contributed by atoms with Crippen molar-refractivity contribution < 1.29 is 23.6 Å². The van der Waals surface area contributed by atoms with Gasteiger partial charge in [0.2, 0.25) is 5.91 Å². The molecule has 0 aliphatic heterocycles. The molecule has 1 atom stereocenters. The second kappa shape index (κ2) is 8.98. The first-order chi connectivity index (χ1) is 12.8. The number of rotatable bonds is 7. The van der Waals surface area contributed by atoms with Crippen LogP contribution in [0.25, 0.3) is 0 Å². The van der Waals surface area contributed by atoms with Crippen molar-refractivity contribution in [1.29, 1.82) is 0 Å². The van der Waals surface area contributed by atoms with Crippen LogP contribution in [0.15, 0.2) is 28.8 Å². The maximum Gasteiger partial charge on any atom is 0.306 e. The molecule has 1 aromatic heterocycles. The average molecular weight is 373 g/mol. The summed E-state index contributed by atoms with van der Waals surface area (Å²) in [7, 11) is 0. The fraction of sp³-hybridized carbons (Fsp3) is 0.368. The van der Waals surface area contributed by atoms with E-state index in [1.165, 1.54) is 13.8 Å². The zero-order chi connectivity index (χ0) is 20.0. The van der Waals surface area contributed by atoms with Crippen LogP contribution in [0.4, 0.5) is 11.4 Å². The van der Waals surface area contributed by atoms with Gasteiger partial charge in [-0.15, -0.1) is 0 Å². The van der Waals surface area contributed by atoms with Gasteiger partial charge in [0, 0.05) is 30.3 Å². The number of hydrogen-bond donors (Lipinski definition) is 2. The summed E-state index contributed by atoms with van der Waals surface area (Å²) in [4.78, 5) is 35.1. The number of ether oxygens (including phenoxy) is 1. The van der Waals surface area contributed by atoms with E-state index in [-0.39, 0.29) is 12.3 Å². The molecule has 2 amide bonds. The topological polar surface area (TPSA) is 111 Å². The summed E-state index contributed by atoms with van der Waals surface area (Å²) >= 11 is 0. The Morgan fingerprint density at radius 1 is 1.11 bits per heavy atom. The molecule has 1 aromatic carbocycles. The summed E-state index contributed by atoms with van der Waals surface area (Å²) in [6.45, 7) is 6.52. The van der Waals surface area contributed by atoms with Gasteiger partial charge >= 0.3 is 5.97 Å². The largest absolute Gasteiger partial charge is 0.453 e. The third-order valence-electron chi connectivity index (χ3n) is 3.91. The van der Waals surface area contributed by atoms with Crippen LogP contribution in [0.1, 0.15) is 37.3 Å². The Kier molecular flexibility index (Phi) is 6.70. The van der Waals surface area contributed by atoms with E-state index >= 15 is 0 Å². The molecule has 2 rings (SSSR count). The molecule has 0 fully saturated rings. The Labute approximate surface area is 157 Å². The second-order valence-corrected chi connectivity index (χ2v) is 6.18. The highest BCUT2D eigenvalue weighted by Gasteiger charge is 2.19. The molecule has 2 N–H and O–H groups in total. The maximum absolute atomic E-state index is 12.2. The molecule has 2 aromatic rings. The molecular weight excluding hydrogens is 350 g/mol. The molecule has 8 nitrogen and oxygen atoms in total. The quantitative estimate of drug-likeness (QED) is 0.722. The van der Waals surface area contributed by atoms with Gasteiger partial charge in [-0.3, -0.25) is 14.4 Å². The van der Waals surface area contributed by atoms with Crippen LogP contribution >= 0.6 is 0 Å². The summed E-state index contributed by atoms with van der Waals surface area (Å²) in [5, 5.41) is 9.13. The van der Waals surface area contributed by atoms with E-state index in [4.69, 9.17) is 9.26 Å². The number of carbonyl (C=O) groups excluding carboxylic acids is 3. The van der Waals surface area contributed by atoms with Crippen molar-refractivity contribution in [1.82, 2.24) is 5.16 Å². The van der Waals surface area contributed by atoms with E-state index in [2.05, 4.69) is 15.8 Å². The molecule has 0 radical (unpaired) electrons. The summed E-state index contributed by atoms with van der Waals surface area (Å²) in [5.41, 5.74) is 2.78. The van der Waals surface area contributed by atoms with Crippen LogP contribution in [0.2, 0.25) is 0 Å². The Hall–Kier alpha value is -3.16. The third-order valence-corrected chi connectivity index (χ3v) is 3.91. The van der Waals surface area contributed by atoms with E-state index < -0.39 is 18.0 Å². The predicted octanol–water partition coefficient (Wildman–Crippen LogP) is 2.75. The molecule has 0 bridgehead atoms. The zero-order valence-corrected chi connectivity index (χ0v) is 15.8. The van der Waals surface area contributed by atoms with Gasteiger partial charge in [-0.2, -0.15) is 0 Å². The SMILES string of the molecule is CC(=O)Nc1ccc(NC(=O)[C@@H](C)OC(=O)CCc2c(C)noc2C)cc1. The van der Waals surface area contributed by atoms with Crippen LogP contribution in [-0.2, 0) is 25.5 Å². The number of benzene rings is 1. The highest BCUT2D eigenvalue weighted by Crippen LogP contribution is 2.16. The fourth-order valence-corrected chi connectivity index (χ4v) is 2.48. The van der Waals surface area contributed by atoms with Crippen molar-refractivity contribution in [2.45, 2.75) is 46.6 Å². The number of aryl methyl sites for hydroxylation is 2. The molecule has 1 heterocycles. The maximum atomic E-state index is 12.2. The summed E-state index contributed by atoms with van der Waals surface area (Å²) in [6.07, 6.45) is -0.359. The molecule has 0 aliphatic carbocycles. The van der Waals surface area contributed by atoms with Crippen LogP contribution in [0.5, 0.6) is 0 Å². The van der Waals surface area contributed by atoms with Crippen LogP contribution < -0.4 is 10.6 Å². The van der Waals surface area contributed by atoms with Crippen LogP contribution in [0, 0.1) is 13.8 Å². The number of nitrogens with one attached hydrogen (secondary N) is 2. The van der Waals surface area contributed by atoms with Gasteiger partial charge in [0.05, 0.1) is 5.69 Å². The average Bonchev–Trinajstić information content (AvgIpc) is 2.92. The van der Waals surface area contributed by atoms with E-state index in [0.717, 1.165) is 11.3 Å². The number of nitrogens with zero attached hydrogens (tertiary/aromatic N) is 1. The van der Waals surface area contributed by atoms with Crippen molar-refractivity contribution >= 4 is 29.2 Å². The smallest absolute Gasteiger partial charge is 0.306 e. The van der Waals surface area contributed by atoms with E-state index in [0.29, 0.717) is 23.6 Å². The highest BCUT2D eigenvalue weighted by molar-refractivity contribution is 5.95. The number of carbonyl (C=O) groups is 3. The Balaban J connectivity index is 1.82. The first-order valence-electron chi connectivity index (χ1n) is 8.56. The summed E-state index contributed by atoms with van der Waals surface area (Å²) in [5.74, 6) is -0.413. The van der Waals surface area contributed by atoms with Crippen LogP contribution in [-0.4, -0.2) is 29.0 Å². The van der Waals surface area contributed by atoms with Gasteiger partial charge < -0.3 is 19.9 Å². The van der Waals surface area contributed by atoms with Crippen molar-refractivity contribution in [2.75, 3.05) is 10.6 Å². The van der Waals surface area contributed by atoms with Crippen molar-refractivity contribution in [3.05, 3.63) is 41.3 Å². The van der Waals surface area contributed by atoms with Crippen molar-refractivity contribution in [3.8, 4) is 0 Å². The summed E-state index contributed by atoms with van der Waals surface area (Å²) < 4.78 is 10.2. The number of esters is 1. The lowest BCUT2D eigenvalue weighted by atomic mass is 10.1. The first-order valence-corrected chi connectivity index (χ1v) is 8.56. The standard InChI is InChI=1S/C19H23N3O5/c1-11-17(12(2)27-22-11)9-10-18(24)26-13(3)19(25)21-16-7-5-15(6-8-16)20-14(4)23/h5-8,13H,9-10H2,1-4H3,(H,20,23)(H,21,25)/t13-/m1/s1. The number of aromatic nitrogens is 1. The number of amides is 2. The molecule has 0 saturated carbocycles. The van der Waals surface area contributed by atoms with Gasteiger partial charge in [0.15, 0.2) is 6.10 Å².